The Morgan fingerprint density at radius 2 is 1.88 bits per heavy atom. The van der Waals surface area contributed by atoms with E-state index in [1.165, 1.54) is 31.4 Å². The van der Waals surface area contributed by atoms with E-state index in [-0.39, 0.29) is 23.1 Å². The minimum Gasteiger partial charge on any atom is -0.465 e. The number of carbonyl (C=O) groups excluding carboxylic acids is 2. The lowest BCUT2D eigenvalue weighted by atomic mass is 10.2. The number of sulfone groups is 1. The van der Waals surface area contributed by atoms with Gasteiger partial charge in [0.1, 0.15) is 5.75 Å². The minimum absolute atomic E-state index is 0.0491. The van der Waals surface area contributed by atoms with E-state index < -0.39 is 27.5 Å². The van der Waals surface area contributed by atoms with E-state index in [0.29, 0.717) is 29.7 Å². The van der Waals surface area contributed by atoms with E-state index in [4.69, 9.17) is 27.9 Å². The number of morpholine rings is 1. The van der Waals surface area contributed by atoms with Gasteiger partial charge in [-0.3, -0.25) is 9.69 Å². The van der Waals surface area contributed by atoms with Crippen LogP contribution in [0.5, 0.6) is 0 Å². The molecule has 1 heterocycles. The third kappa shape index (κ3) is 7.15. The Bertz CT molecular complexity index is 1110. The number of amides is 1. The number of nitrogens with zero attached hydrogens (tertiary/aromatic N) is 1. The van der Waals surface area contributed by atoms with Crippen LogP contribution in [0.15, 0.2) is 47.4 Å². The first-order valence-electron chi connectivity index (χ1n) is 10.1. The Hall–Kier alpha value is -2.17. The quantitative estimate of drug-likeness (QED) is 0.540. The summed E-state index contributed by atoms with van der Waals surface area (Å²) in [6.45, 7) is 2.63. The molecule has 1 aliphatic heterocycles. The highest BCUT2D eigenvalue weighted by atomic mass is 35.5. The van der Waals surface area contributed by atoms with Gasteiger partial charge >= 0.3 is 5.97 Å². The van der Waals surface area contributed by atoms with Gasteiger partial charge in [0, 0.05) is 26.2 Å². The molecule has 1 N–H and O–H groups in total. The van der Waals surface area contributed by atoms with Crippen molar-refractivity contribution in [2.75, 3.05) is 39.1 Å². The van der Waals surface area contributed by atoms with Crippen LogP contribution in [0.25, 0.3) is 0 Å². The first-order valence-corrected chi connectivity index (χ1v) is 12.5. The van der Waals surface area contributed by atoms with Crippen LogP contribution < -0.4 is 5.32 Å². The van der Waals surface area contributed by atoms with Crippen LogP contribution in [0.1, 0.15) is 15.9 Å². The Morgan fingerprint density at radius 3 is 2.55 bits per heavy atom. The van der Waals surface area contributed by atoms with E-state index in [2.05, 4.69) is 15.0 Å². The SMILES string of the molecule is COC(=O)c1ccc(S(=O)(=O)CC(=O)NC[C@H]2CN(Cc3ccc(Cl)c(Cl)c3)CCO2)cc1. The van der Waals surface area contributed by atoms with Crippen molar-refractivity contribution in [2.24, 2.45) is 0 Å². The number of benzene rings is 2. The third-order valence-electron chi connectivity index (χ3n) is 5.10. The number of carbonyl (C=O) groups is 2. The molecule has 1 amide bonds. The molecule has 3 rings (SSSR count). The second kappa shape index (κ2) is 11.3. The fourth-order valence-corrected chi connectivity index (χ4v) is 4.88. The van der Waals surface area contributed by atoms with Gasteiger partial charge in [-0.1, -0.05) is 29.3 Å². The minimum atomic E-state index is -3.86. The second-order valence-corrected chi connectivity index (χ2v) is 10.4. The van der Waals surface area contributed by atoms with E-state index in [1.807, 2.05) is 12.1 Å². The van der Waals surface area contributed by atoms with Crippen LogP contribution in [-0.2, 0) is 30.7 Å². The first-order chi connectivity index (χ1) is 15.7. The molecule has 8 nitrogen and oxygen atoms in total. The number of rotatable bonds is 8. The standard InChI is InChI=1S/C22H24Cl2N2O6S/c1-31-22(28)16-3-5-18(6-4-16)33(29,30)14-21(27)25-11-17-13-26(8-9-32-17)12-15-2-7-19(23)20(24)10-15/h2-7,10,17H,8-9,11-14H2,1H3,(H,25,27)/t17-/m0/s1. The van der Waals surface area contributed by atoms with Crippen molar-refractivity contribution in [3.63, 3.8) is 0 Å². The van der Waals surface area contributed by atoms with Crippen molar-refractivity contribution < 1.29 is 27.5 Å². The van der Waals surface area contributed by atoms with Crippen molar-refractivity contribution in [1.29, 1.82) is 0 Å². The zero-order valence-corrected chi connectivity index (χ0v) is 20.3. The zero-order valence-electron chi connectivity index (χ0n) is 17.9. The number of hydrogen-bond acceptors (Lipinski definition) is 7. The van der Waals surface area contributed by atoms with Crippen molar-refractivity contribution >= 4 is 44.9 Å². The fourth-order valence-electron chi connectivity index (χ4n) is 3.39. The van der Waals surface area contributed by atoms with Crippen LogP contribution in [0, 0.1) is 0 Å². The topological polar surface area (TPSA) is 102 Å². The largest absolute Gasteiger partial charge is 0.465 e. The van der Waals surface area contributed by atoms with Gasteiger partial charge in [-0.2, -0.15) is 0 Å². The predicted molar refractivity (Wildman–Crippen MR) is 124 cm³/mol. The Balaban J connectivity index is 1.50. The average Bonchev–Trinajstić information content (AvgIpc) is 2.80. The lowest BCUT2D eigenvalue weighted by Crippen LogP contribution is -2.47. The van der Waals surface area contributed by atoms with Crippen molar-refractivity contribution in [2.45, 2.75) is 17.5 Å². The van der Waals surface area contributed by atoms with E-state index in [0.717, 1.165) is 12.1 Å². The van der Waals surface area contributed by atoms with Crippen molar-refractivity contribution in [3.8, 4) is 0 Å². The summed E-state index contributed by atoms with van der Waals surface area (Å²) in [6, 6.07) is 10.7. The smallest absolute Gasteiger partial charge is 0.337 e. The Morgan fingerprint density at radius 1 is 1.15 bits per heavy atom. The molecule has 2 aromatic rings. The van der Waals surface area contributed by atoms with Gasteiger partial charge in [-0.15, -0.1) is 0 Å². The van der Waals surface area contributed by atoms with Crippen LogP contribution in [0.4, 0.5) is 0 Å². The summed E-state index contributed by atoms with van der Waals surface area (Å²) >= 11 is 12.0. The molecule has 178 valence electrons. The maximum Gasteiger partial charge on any atom is 0.337 e. The fraction of sp³-hybridized carbons (Fsp3) is 0.364. The molecule has 0 spiro atoms. The maximum absolute atomic E-state index is 12.5. The summed E-state index contributed by atoms with van der Waals surface area (Å²) in [4.78, 5) is 25.9. The molecule has 2 aromatic carbocycles. The molecule has 1 atom stereocenters. The number of ether oxygens (including phenoxy) is 2. The van der Waals surface area contributed by atoms with Crippen LogP contribution >= 0.6 is 23.2 Å². The van der Waals surface area contributed by atoms with Gasteiger partial charge < -0.3 is 14.8 Å². The normalized spacial score (nSPS) is 16.9. The molecule has 0 aliphatic carbocycles. The molecule has 33 heavy (non-hydrogen) atoms. The first kappa shape index (κ1) is 25.5. The van der Waals surface area contributed by atoms with Gasteiger partial charge in [0.05, 0.1) is 40.3 Å². The number of halogens is 2. The molecule has 0 bridgehead atoms. The molecule has 0 unspecified atom stereocenters. The van der Waals surface area contributed by atoms with Crippen LogP contribution in [0.2, 0.25) is 10.0 Å². The van der Waals surface area contributed by atoms with Gasteiger partial charge in [0.25, 0.3) is 0 Å². The molecule has 1 aliphatic rings. The molecule has 11 heteroatoms. The number of nitrogens with one attached hydrogen (secondary N) is 1. The summed E-state index contributed by atoms with van der Waals surface area (Å²) in [7, 11) is -2.62. The van der Waals surface area contributed by atoms with E-state index >= 15 is 0 Å². The lowest BCUT2D eigenvalue weighted by Gasteiger charge is -2.33. The molecule has 0 radical (unpaired) electrons. The van der Waals surface area contributed by atoms with Crippen LogP contribution in [0.3, 0.4) is 0 Å². The van der Waals surface area contributed by atoms with Gasteiger partial charge in [0.2, 0.25) is 5.91 Å². The highest BCUT2D eigenvalue weighted by Crippen LogP contribution is 2.23. The summed E-state index contributed by atoms with van der Waals surface area (Å²) in [5, 5.41) is 3.63. The Kier molecular flexibility index (Phi) is 8.72. The zero-order chi connectivity index (χ0) is 24.0. The molecule has 1 fully saturated rings. The van der Waals surface area contributed by atoms with Gasteiger partial charge in [-0.05, 0) is 42.0 Å². The Labute approximate surface area is 202 Å². The van der Waals surface area contributed by atoms with Crippen molar-refractivity contribution in [1.82, 2.24) is 10.2 Å². The summed E-state index contributed by atoms with van der Waals surface area (Å²) < 4.78 is 35.3. The highest BCUT2D eigenvalue weighted by molar-refractivity contribution is 7.92. The lowest BCUT2D eigenvalue weighted by molar-refractivity contribution is -0.119. The van der Waals surface area contributed by atoms with E-state index in [1.54, 1.807) is 6.07 Å². The monoisotopic (exact) mass is 514 g/mol. The van der Waals surface area contributed by atoms with Crippen LogP contribution in [-0.4, -0.2) is 70.4 Å². The number of esters is 1. The molecule has 0 saturated carbocycles. The van der Waals surface area contributed by atoms with Gasteiger partial charge in [0.15, 0.2) is 9.84 Å². The summed E-state index contributed by atoms with van der Waals surface area (Å²) in [6.07, 6.45) is -0.271. The maximum atomic E-state index is 12.5. The number of methoxy groups -OCH3 is 1. The summed E-state index contributed by atoms with van der Waals surface area (Å²) in [5.74, 6) is -1.90. The van der Waals surface area contributed by atoms with Crippen molar-refractivity contribution in [3.05, 3.63) is 63.6 Å². The molecular formula is C22H24Cl2N2O6S. The predicted octanol–water partition coefficient (Wildman–Crippen LogP) is 2.57. The average molecular weight is 515 g/mol. The molecule has 1 saturated heterocycles. The third-order valence-corrected chi connectivity index (χ3v) is 7.47. The summed E-state index contributed by atoms with van der Waals surface area (Å²) in [5.41, 5.74) is 1.24. The van der Waals surface area contributed by atoms with E-state index in [9.17, 15) is 18.0 Å². The second-order valence-electron chi connectivity index (χ2n) is 7.56. The molecular weight excluding hydrogens is 491 g/mol. The number of hydrogen-bond donors (Lipinski definition) is 1. The van der Waals surface area contributed by atoms with Gasteiger partial charge in [-0.25, -0.2) is 13.2 Å². The molecule has 0 aromatic heterocycles. The highest BCUT2D eigenvalue weighted by Gasteiger charge is 2.24.